The minimum atomic E-state index is 0.673. The van der Waals surface area contributed by atoms with Crippen molar-refractivity contribution < 1.29 is 0 Å². The van der Waals surface area contributed by atoms with Gasteiger partial charge in [-0.3, -0.25) is 0 Å². The zero-order valence-corrected chi connectivity index (χ0v) is 8.02. The zero-order chi connectivity index (χ0) is 8.69. The van der Waals surface area contributed by atoms with Crippen LogP contribution < -0.4 is 5.32 Å². The van der Waals surface area contributed by atoms with E-state index in [0.29, 0.717) is 5.92 Å². The van der Waals surface area contributed by atoms with Crippen molar-refractivity contribution >= 4 is 0 Å². The van der Waals surface area contributed by atoms with E-state index in [1.807, 2.05) is 13.1 Å². The van der Waals surface area contributed by atoms with Crippen LogP contribution in [0, 0.1) is 5.92 Å². The SMILES string of the molecule is C/C=C(/C)NC=CC(C)CC. The summed E-state index contributed by atoms with van der Waals surface area (Å²) in [5.74, 6) is 0.673. The molecule has 1 N–H and O–H groups in total. The Balaban J connectivity index is 3.60. The Morgan fingerprint density at radius 2 is 2.18 bits per heavy atom. The largest absolute Gasteiger partial charge is 0.366 e. The molecule has 64 valence electrons. The molecule has 0 aromatic rings. The number of hydrogen-bond acceptors (Lipinski definition) is 1. The summed E-state index contributed by atoms with van der Waals surface area (Å²) in [6.07, 6.45) is 7.46. The summed E-state index contributed by atoms with van der Waals surface area (Å²) in [6, 6.07) is 0. The third-order valence-corrected chi connectivity index (χ3v) is 1.81. The molecule has 0 aliphatic heterocycles. The average Bonchev–Trinajstić information content (AvgIpc) is 2.04. The fraction of sp³-hybridized carbons (Fsp3) is 0.600. The minimum Gasteiger partial charge on any atom is -0.366 e. The van der Waals surface area contributed by atoms with Gasteiger partial charge in [0.05, 0.1) is 0 Å². The van der Waals surface area contributed by atoms with E-state index >= 15 is 0 Å². The summed E-state index contributed by atoms with van der Waals surface area (Å²) < 4.78 is 0. The third kappa shape index (κ3) is 5.71. The normalized spacial score (nSPS) is 15.5. The van der Waals surface area contributed by atoms with Gasteiger partial charge in [-0.2, -0.15) is 0 Å². The van der Waals surface area contributed by atoms with E-state index in [2.05, 4.69) is 38.2 Å². The smallest absolute Gasteiger partial charge is 0.00713 e. The first-order valence-corrected chi connectivity index (χ1v) is 4.26. The molecular weight excluding hydrogens is 134 g/mol. The Hall–Kier alpha value is -0.720. The molecule has 0 fully saturated rings. The predicted molar refractivity (Wildman–Crippen MR) is 51.2 cm³/mol. The first kappa shape index (κ1) is 10.3. The van der Waals surface area contributed by atoms with Crippen LogP contribution >= 0.6 is 0 Å². The highest BCUT2D eigenvalue weighted by Crippen LogP contribution is 2.00. The molecule has 0 saturated carbocycles. The van der Waals surface area contributed by atoms with Crippen molar-refractivity contribution in [1.29, 1.82) is 0 Å². The van der Waals surface area contributed by atoms with Crippen molar-refractivity contribution in [3.63, 3.8) is 0 Å². The van der Waals surface area contributed by atoms with Gasteiger partial charge in [-0.25, -0.2) is 0 Å². The van der Waals surface area contributed by atoms with Crippen LogP contribution in [0.3, 0.4) is 0 Å². The van der Waals surface area contributed by atoms with Gasteiger partial charge in [-0.05, 0) is 26.0 Å². The van der Waals surface area contributed by atoms with E-state index in [0.717, 1.165) is 0 Å². The monoisotopic (exact) mass is 153 g/mol. The van der Waals surface area contributed by atoms with Gasteiger partial charge in [0, 0.05) is 5.70 Å². The third-order valence-electron chi connectivity index (χ3n) is 1.81. The van der Waals surface area contributed by atoms with Gasteiger partial charge in [-0.1, -0.05) is 32.4 Å². The van der Waals surface area contributed by atoms with Crippen molar-refractivity contribution in [1.82, 2.24) is 5.32 Å². The highest BCUT2D eigenvalue weighted by Gasteiger charge is 1.88. The van der Waals surface area contributed by atoms with Crippen LogP contribution in [0.1, 0.15) is 34.1 Å². The summed E-state index contributed by atoms with van der Waals surface area (Å²) in [4.78, 5) is 0. The highest BCUT2D eigenvalue weighted by atomic mass is 14.8. The summed E-state index contributed by atoms with van der Waals surface area (Å²) in [6.45, 7) is 8.49. The van der Waals surface area contributed by atoms with Gasteiger partial charge in [0.2, 0.25) is 0 Å². The van der Waals surface area contributed by atoms with Gasteiger partial charge in [0.1, 0.15) is 0 Å². The summed E-state index contributed by atoms with van der Waals surface area (Å²) in [7, 11) is 0. The van der Waals surface area contributed by atoms with Gasteiger partial charge in [-0.15, -0.1) is 0 Å². The topological polar surface area (TPSA) is 12.0 Å². The Labute approximate surface area is 70.2 Å². The van der Waals surface area contributed by atoms with Crippen LogP contribution in [0.5, 0.6) is 0 Å². The van der Waals surface area contributed by atoms with E-state index in [-0.39, 0.29) is 0 Å². The van der Waals surface area contributed by atoms with E-state index in [4.69, 9.17) is 0 Å². The predicted octanol–water partition coefficient (Wildman–Crippen LogP) is 3.06. The van der Waals surface area contributed by atoms with Crippen LogP contribution in [-0.4, -0.2) is 0 Å². The number of nitrogens with one attached hydrogen (secondary N) is 1. The lowest BCUT2D eigenvalue weighted by Crippen LogP contribution is -2.01. The maximum Gasteiger partial charge on any atom is 0.00713 e. The molecule has 0 aromatic carbocycles. The molecule has 0 aliphatic carbocycles. The molecule has 1 nitrogen and oxygen atoms in total. The summed E-state index contributed by atoms with van der Waals surface area (Å²) >= 11 is 0. The van der Waals surface area contributed by atoms with Crippen LogP contribution in [0.2, 0.25) is 0 Å². The lowest BCUT2D eigenvalue weighted by molar-refractivity contribution is 0.694. The molecule has 0 radical (unpaired) electrons. The number of allylic oxidation sites excluding steroid dienone is 3. The van der Waals surface area contributed by atoms with Crippen molar-refractivity contribution in [3.05, 3.63) is 24.0 Å². The molecular formula is C10H19N. The molecule has 0 rings (SSSR count). The molecule has 0 spiro atoms. The fourth-order valence-electron chi connectivity index (χ4n) is 0.563. The molecule has 1 unspecified atom stereocenters. The van der Waals surface area contributed by atoms with Crippen molar-refractivity contribution in [2.75, 3.05) is 0 Å². The van der Waals surface area contributed by atoms with Gasteiger partial charge < -0.3 is 5.32 Å². The summed E-state index contributed by atoms with van der Waals surface area (Å²) in [5, 5.41) is 3.18. The molecule has 0 heterocycles. The summed E-state index contributed by atoms with van der Waals surface area (Å²) in [5.41, 5.74) is 1.20. The second-order valence-electron chi connectivity index (χ2n) is 2.86. The molecule has 11 heavy (non-hydrogen) atoms. The molecule has 0 aliphatic rings. The molecule has 1 atom stereocenters. The first-order chi connectivity index (χ1) is 5.20. The minimum absolute atomic E-state index is 0.673. The maximum absolute atomic E-state index is 3.18. The van der Waals surface area contributed by atoms with Crippen LogP contribution in [-0.2, 0) is 0 Å². The van der Waals surface area contributed by atoms with Crippen LogP contribution in [0.4, 0.5) is 0 Å². The Morgan fingerprint density at radius 1 is 1.55 bits per heavy atom. The highest BCUT2D eigenvalue weighted by molar-refractivity contribution is 4.99. The fourth-order valence-corrected chi connectivity index (χ4v) is 0.563. The van der Waals surface area contributed by atoms with E-state index in [1.165, 1.54) is 12.1 Å². The average molecular weight is 153 g/mol. The Bertz CT molecular complexity index is 145. The zero-order valence-electron chi connectivity index (χ0n) is 8.02. The van der Waals surface area contributed by atoms with Crippen molar-refractivity contribution in [2.24, 2.45) is 5.92 Å². The van der Waals surface area contributed by atoms with Gasteiger partial charge in [0.15, 0.2) is 0 Å². The lowest BCUT2D eigenvalue weighted by Gasteiger charge is -2.01. The van der Waals surface area contributed by atoms with E-state index in [1.54, 1.807) is 0 Å². The van der Waals surface area contributed by atoms with Gasteiger partial charge >= 0.3 is 0 Å². The number of rotatable bonds is 4. The molecule has 1 heteroatoms. The van der Waals surface area contributed by atoms with Crippen molar-refractivity contribution in [3.8, 4) is 0 Å². The Kier molecular flexibility index (Phi) is 5.63. The van der Waals surface area contributed by atoms with E-state index < -0.39 is 0 Å². The molecule has 0 aromatic heterocycles. The number of hydrogen-bond donors (Lipinski definition) is 1. The Morgan fingerprint density at radius 3 is 2.64 bits per heavy atom. The van der Waals surface area contributed by atoms with Crippen LogP contribution in [0.25, 0.3) is 0 Å². The van der Waals surface area contributed by atoms with Crippen LogP contribution in [0.15, 0.2) is 24.0 Å². The quantitative estimate of drug-likeness (QED) is 0.654. The first-order valence-electron chi connectivity index (χ1n) is 4.26. The van der Waals surface area contributed by atoms with Crippen molar-refractivity contribution in [2.45, 2.75) is 34.1 Å². The van der Waals surface area contributed by atoms with E-state index in [9.17, 15) is 0 Å². The maximum atomic E-state index is 3.18. The molecule has 0 bridgehead atoms. The second-order valence-corrected chi connectivity index (χ2v) is 2.86. The lowest BCUT2D eigenvalue weighted by atomic mass is 10.1. The molecule has 0 saturated heterocycles. The second kappa shape index (κ2) is 6.02. The van der Waals surface area contributed by atoms with Gasteiger partial charge in [0.25, 0.3) is 0 Å². The standard InChI is InChI=1S/C10H19N/c1-5-9(3)7-8-11-10(4)6-2/h6-9,11H,5H2,1-4H3/b8-7?,10-6-. The molecule has 0 amide bonds.